The maximum absolute atomic E-state index is 7.16. The van der Waals surface area contributed by atoms with Crippen LogP contribution in [-0.2, 0) is 6.42 Å². The van der Waals surface area contributed by atoms with E-state index in [9.17, 15) is 0 Å². The van der Waals surface area contributed by atoms with Crippen molar-refractivity contribution >= 4 is 506 Å². The van der Waals surface area contributed by atoms with Gasteiger partial charge in [0.25, 0.3) is 0 Å². The SMILES string of the molecule is [B][B]B([B])B(B([B])[B])B(B(B(B([B])[B])B([B])[B])B(B([B])[B])B([B])[B])c1c(CC)c(C)c(C)c(B(B(B([B])[B])B([B])[B])B(B([B][B])B([B])[B])B(B([B])[B])B([B])[B])c1B(B(B([B])[B])B([B])[B])B(B(B([B])[B])B([B])[B])B(B([B])[B])B([B])[B]. The zero-order valence-electron chi connectivity index (χ0n) is 46.5. The lowest BCUT2D eigenvalue weighted by molar-refractivity contribution is 1.11. The molecule has 0 aliphatic heterocycles. The standard InChI is InChI=1S/C10H11B69/c1-4-7-5(2)6(3)8(48(69(52(15)16)53(17)18)72(68(47-12)51(13)14)75(57(25)26)58(27)28)10(50(70(54(19)20)55(21)22)74(78(63(37)38)64(39)40)79(65(41)42)66(43)44)9(7)49(71(56(23)24)67(45)46-11)73(76(59(29)30)60(31)32)77(61(33)34)62(35)36/h4H2,1-3H3. The highest BCUT2D eigenvalue weighted by Gasteiger charge is 2.58. The summed E-state index contributed by atoms with van der Waals surface area (Å²) in [6.07, 6.45) is -40.5. The van der Waals surface area contributed by atoms with Crippen molar-refractivity contribution in [3.8, 4) is 0 Å². The minimum atomic E-state index is -1.55. The van der Waals surface area contributed by atoms with E-state index in [-0.39, 0.29) is 22.8 Å². The Kier molecular flexibility index (Phi) is 37.3. The van der Waals surface area contributed by atoms with Gasteiger partial charge in [0.05, 0.1) is 19.5 Å². The van der Waals surface area contributed by atoms with Gasteiger partial charge in [-0.25, -0.2) is 0 Å². The van der Waals surface area contributed by atoms with E-state index in [1.165, 1.54) is 7.06 Å². The molecule has 0 heterocycles. The van der Waals surface area contributed by atoms with E-state index in [1.807, 2.05) is 6.92 Å². The molecular formula is C10H11B69. The Bertz CT molecular complexity index is 1760. The third-order valence-corrected chi connectivity index (χ3v) is 16.8. The molecule has 1 aromatic rings. The van der Waals surface area contributed by atoms with Crippen molar-refractivity contribution in [2.75, 3.05) is 0 Å². The molecule has 0 saturated heterocycles. The van der Waals surface area contributed by atoms with Crippen molar-refractivity contribution in [2.24, 2.45) is 0 Å². The van der Waals surface area contributed by atoms with E-state index in [2.05, 4.69) is 0 Å². The van der Waals surface area contributed by atoms with Crippen LogP contribution in [0.1, 0.15) is 23.6 Å². The summed E-state index contributed by atoms with van der Waals surface area (Å²) in [5.41, 5.74) is 2.04. The van der Waals surface area contributed by atoms with E-state index in [4.69, 9.17) is 271 Å². The molecular weight excluding hydrogens is 866 g/mol. The lowest BCUT2D eigenvalue weighted by Crippen LogP contribution is -2.92. The summed E-state index contributed by atoms with van der Waals surface area (Å²) in [5.74, 6) is 0. The molecule has 0 atom stereocenters. The third-order valence-electron chi connectivity index (χ3n) is 16.8. The Hall–Kier alpha value is 3.70. The fourth-order valence-electron chi connectivity index (χ4n) is 13.6. The topological polar surface area (TPSA) is 0 Å². The van der Waals surface area contributed by atoms with Crippen molar-refractivity contribution in [1.29, 1.82) is 0 Å². The summed E-state index contributed by atoms with van der Waals surface area (Å²) >= 11 is 0. The molecule has 1 aromatic carbocycles. The Labute approximate surface area is 544 Å². The first-order valence-electron chi connectivity index (χ1n) is 26.4. The minimum Gasteiger partial charge on any atom is -0.113 e. The van der Waals surface area contributed by atoms with Gasteiger partial charge in [-0.1, -0.05) is 18.1 Å². The monoisotopic (exact) mass is 891 g/mol. The van der Waals surface area contributed by atoms with Gasteiger partial charge in [0.2, 0.25) is 0 Å². The van der Waals surface area contributed by atoms with Crippen molar-refractivity contribution in [1.82, 2.24) is 0 Å². The first-order valence-corrected chi connectivity index (χ1v) is 26.4. The van der Waals surface area contributed by atoms with Gasteiger partial charge in [-0.15, -0.1) is 16.4 Å². The third kappa shape index (κ3) is 19.8. The molecule has 0 nitrogen and oxygen atoms in total. The van der Waals surface area contributed by atoms with Gasteiger partial charge in [0.1, 0.15) is 0 Å². The first kappa shape index (κ1) is 80.7. The molecule has 0 aromatic heterocycles. The van der Waals surface area contributed by atoms with E-state index < -0.39 is 205 Å². The molecule has 0 aliphatic rings. The number of benzene rings is 1. The number of hydrogen-bond acceptors (Lipinski definition) is 0. The second-order valence-electron chi connectivity index (χ2n) is 22.0. The van der Waals surface area contributed by atoms with Gasteiger partial charge in [-0.3, -0.25) is 0 Å². The van der Waals surface area contributed by atoms with E-state index >= 15 is 0 Å². The molecule has 69 heteroatoms. The highest BCUT2D eigenvalue weighted by molar-refractivity contribution is 8.24. The second kappa shape index (κ2) is 36.5. The van der Waals surface area contributed by atoms with Crippen LogP contribution in [0.3, 0.4) is 0 Å². The lowest BCUT2D eigenvalue weighted by Gasteiger charge is -2.53. The molecule has 79 heavy (non-hydrogen) atoms. The minimum absolute atomic E-state index is 0.119. The second-order valence-corrected chi connectivity index (χ2v) is 22.0. The Balaban J connectivity index is 6.52. The molecule has 0 fully saturated rings. The van der Waals surface area contributed by atoms with Crippen LogP contribution in [0.4, 0.5) is 0 Å². The van der Waals surface area contributed by atoms with Gasteiger partial charge in [-0.2, -0.15) is 0 Å². The van der Waals surface area contributed by atoms with E-state index in [0.29, 0.717) is 16.7 Å². The van der Waals surface area contributed by atoms with Gasteiger partial charge in [0.15, 0.2) is 0 Å². The summed E-state index contributed by atoms with van der Waals surface area (Å²) in [6.45, 7) is 1.03. The van der Waals surface area contributed by atoms with Crippen LogP contribution in [0.25, 0.3) is 0 Å². The Morgan fingerprint density at radius 3 is 0.709 bits per heavy atom. The van der Waals surface area contributed by atoms with Gasteiger partial charge in [-0.05, 0) is 25.8 Å². The molecule has 1 rings (SSSR count). The maximum Gasteiger partial charge on any atom is 0.0800 e. The normalized spacial score (nSPS) is 10.0. The first-order chi connectivity index (χ1) is 36.2. The molecule has 0 unspecified atom stereocenters. The van der Waals surface area contributed by atoms with Gasteiger partial charge in [0, 0.05) is 470 Å². The number of rotatable bonds is 35. The summed E-state index contributed by atoms with van der Waals surface area (Å²) in [6, 6.07) is 0. The summed E-state index contributed by atoms with van der Waals surface area (Å²) in [7, 11) is 242. The zero-order valence-corrected chi connectivity index (χ0v) is 46.5. The molecule has 0 saturated carbocycles. The maximum atomic E-state index is 7.16. The van der Waals surface area contributed by atoms with Crippen molar-refractivity contribution in [3.63, 3.8) is 0 Å². The van der Waals surface area contributed by atoms with Crippen molar-refractivity contribution in [3.05, 3.63) is 16.7 Å². The molecule has 72 radical (unpaired) electrons. The van der Waals surface area contributed by atoms with Crippen LogP contribution >= 0.6 is 0 Å². The van der Waals surface area contributed by atoms with Gasteiger partial charge < -0.3 is 0 Å². The predicted octanol–water partition coefficient (Wildman–Crippen LogP) is -25.9. The molecule has 0 spiro atoms. The average molecular weight is 877 g/mol. The van der Waals surface area contributed by atoms with Crippen LogP contribution < -0.4 is 16.4 Å². The molecule has 0 aliphatic carbocycles. The van der Waals surface area contributed by atoms with Crippen molar-refractivity contribution < 1.29 is 0 Å². The van der Waals surface area contributed by atoms with Crippen LogP contribution in [0.2, 0.25) is 0 Å². The lowest BCUT2D eigenvalue weighted by atomic mass is 8.36. The molecule has 0 amide bonds. The van der Waals surface area contributed by atoms with Crippen LogP contribution in [0.5, 0.6) is 0 Å². The Morgan fingerprint density at radius 2 is 0.494 bits per heavy atom. The Morgan fingerprint density at radius 1 is 0.253 bits per heavy atom. The summed E-state index contributed by atoms with van der Waals surface area (Å²) < 4.78 is 0. The average Bonchev–Trinajstić information content (AvgIpc) is 3.27. The smallest absolute Gasteiger partial charge is 0.0800 e. The highest BCUT2D eigenvalue weighted by atomic mass is 14.1. The quantitative estimate of drug-likeness (QED) is 0.0596. The van der Waals surface area contributed by atoms with Crippen molar-refractivity contribution in [2.45, 2.75) is 27.2 Å². The fourth-order valence-corrected chi connectivity index (χ4v) is 13.6. The van der Waals surface area contributed by atoms with E-state index in [0.717, 1.165) is 7.06 Å². The molecule has 258 valence electrons. The fraction of sp³-hybridized carbons (Fsp3) is 0.400. The molecule has 0 bridgehead atoms. The van der Waals surface area contributed by atoms with Crippen LogP contribution in [-0.4, -0.2) is 490 Å². The summed E-state index contributed by atoms with van der Waals surface area (Å²) in [5, 5.41) is 0. The largest absolute Gasteiger partial charge is 0.113 e. The highest BCUT2D eigenvalue weighted by Crippen LogP contribution is 2.23. The number of hydrogen-bond donors (Lipinski definition) is 0. The van der Waals surface area contributed by atoms with E-state index in [1.54, 1.807) is 13.8 Å². The van der Waals surface area contributed by atoms with Crippen LogP contribution in [0, 0.1) is 13.8 Å². The van der Waals surface area contributed by atoms with Gasteiger partial charge >= 0.3 is 0 Å². The summed E-state index contributed by atoms with van der Waals surface area (Å²) in [4.78, 5) is 0. The van der Waals surface area contributed by atoms with Crippen LogP contribution in [0.15, 0.2) is 0 Å². The predicted molar refractivity (Wildman–Crippen MR) is 441 cm³/mol. The zero-order chi connectivity index (χ0) is 62.1. The molecule has 0 N–H and O–H groups in total.